The molecule has 0 spiro atoms. The van der Waals surface area contributed by atoms with Crippen molar-refractivity contribution in [2.45, 2.75) is 40.2 Å². The topological polar surface area (TPSA) is 72.5 Å². The van der Waals surface area contributed by atoms with Crippen LogP contribution in [0, 0.1) is 13.8 Å². The van der Waals surface area contributed by atoms with Crippen LogP contribution in [-0.2, 0) is 16.0 Å². The quantitative estimate of drug-likeness (QED) is 0.601. The molecule has 0 radical (unpaired) electrons. The Labute approximate surface area is 159 Å². The number of hydrogen-bond donors (Lipinski definition) is 1. The minimum atomic E-state index is -0.913. The number of hydrogen-bond acceptors (Lipinski definition) is 4. The lowest BCUT2D eigenvalue weighted by molar-refractivity contribution is -0.145. The van der Waals surface area contributed by atoms with Crippen molar-refractivity contribution in [3.63, 3.8) is 0 Å². The Morgan fingerprint density at radius 3 is 2.19 bits per heavy atom. The Hall–Kier alpha value is -2.95. The van der Waals surface area contributed by atoms with Gasteiger partial charge in [-0.3, -0.25) is 14.4 Å². The van der Waals surface area contributed by atoms with Gasteiger partial charge in [-0.05, 0) is 56.0 Å². The summed E-state index contributed by atoms with van der Waals surface area (Å²) < 4.78 is 5.15. The summed E-state index contributed by atoms with van der Waals surface area (Å²) in [6.07, 6.45) is -0.0253. The molecule has 2 aromatic rings. The molecule has 0 heterocycles. The predicted molar refractivity (Wildman–Crippen MR) is 104 cm³/mol. The molecule has 27 heavy (non-hydrogen) atoms. The third-order valence-corrected chi connectivity index (χ3v) is 4.49. The van der Waals surface area contributed by atoms with Crippen molar-refractivity contribution in [3.8, 4) is 0 Å². The summed E-state index contributed by atoms with van der Waals surface area (Å²) in [6.45, 7) is 7.15. The van der Waals surface area contributed by atoms with Crippen LogP contribution in [0.3, 0.4) is 0 Å². The molecule has 1 atom stereocenters. The number of carbonyl (C=O) groups is 3. The minimum Gasteiger partial charge on any atom is -0.453 e. The van der Waals surface area contributed by atoms with E-state index >= 15 is 0 Å². The molecule has 0 bridgehead atoms. The molecule has 5 nitrogen and oxygen atoms in total. The van der Waals surface area contributed by atoms with Crippen molar-refractivity contribution < 1.29 is 19.1 Å². The van der Waals surface area contributed by atoms with Crippen molar-refractivity contribution in [1.29, 1.82) is 0 Å². The molecule has 0 aliphatic carbocycles. The number of aryl methyl sites for hydroxylation is 3. The first-order valence-corrected chi connectivity index (χ1v) is 9.00. The monoisotopic (exact) mass is 367 g/mol. The minimum absolute atomic E-state index is 0.272. The summed E-state index contributed by atoms with van der Waals surface area (Å²) in [4.78, 5) is 36.4. The first kappa shape index (κ1) is 20.4. The second-order valence-electron chi connectivity index (χ2n) is 6.53. The fourth-order valence-corrected chi connectivity index (χ4v) is 2.57. The highest BCUT2D eigenvalue weighted by molar-refractivity contribution is 6.00. The molecule has 0 fully saturated rings. The van der Waals surface area contributed by atoms with E-state index in [2.05, 4.69) is 5.32 Å². The van der Waals surface area contributed by atoms with Gasteiger partial charge < -0.3 is 10.1 Å². The number of ether oxygens (including phenoxy) is 1. The Bertz CT molecular complexity index is 840. The third-order valence-electron chi connectivity index (χ3n) is 4.49. The second kappa shape index (κ2) is 9.12. The molecule has 0 aliphatic heterocycles. The molecule has 1 amide bonds. The molecule has 0 unspecified atom stereocenters. The van der Waals surface area contributed by atoms with Gasteiger partial charge >= 0.3 is 5.97 Å². The fourth-order valence-electron chi connectivity index (χ4n) is 2.57. The van der Waals surface area contributed by atoms with Crippen LogP contribution in [0.25, 0.3) is 0 Å². The average Bonchev–Trinajstić information content (AvgIpc) is 2.67. The number of esters is 1. The lowest BCUT2D eigenvalue weighted by Gasteiger charge is -2.13. The number of ketones is 1. The van der Waals surface area contributed by atoms with Gasteiger partial charge in [-0.15, -0.1) is 0 Å². The van der Waals surface area contributed by atoms with Gasteiger partial charge in [0.15, 0.2) is 6.10 Å². The van der Waals surface area contributed by atoms with E-state index in [9.17, 15) is 14.4 Å². The van der Waals surface area contributed by atoms with Crippen LogP contribution in [-0.4, -0.2) is 30.3 Å². The highest BCUT2D eigenvalue weighted by atomic mass is 16.5. The Kier molecular flexibility index (Phi) is 6.88. The lowest BCUT2D eigenvalue weighted by Crippen LogP contribution is -2.34. The molecule has 0 saturated carbocycles. The molecule has 2 rings (SSSR count). The average molecular weight is 367 g/mol. The van der Waals surface area contributed by atoms with Gasteiger partial charge in [0, 0.05) is 11.1 Å². The summed E-state index contributed by atoms with van der Waals surface area (Å²) in [5.74, 6) is -1.28. The van der Waals surface area contributed by atoms with Crippen LogP contribution >= 0.6 is 0 Å². The number of carbonyl (C=O) groups excluding carboxylic acids is 3. The smallest absolute Gasteiger partial charge is 0.326 e. The molecule has 5 heteroatoms. The van der Waals surface area contributed by atoms with Crippen molar-refractivity contribution >= 4 is 17.7 Å². The number of amides is 1. The van der Waals surface area contributed by atoms with Crippen LogP contribution in [0.5, 0.6) is 0 Å². The predicted octanol–water partition coefficient (Wildman–Crippen LogP) is 3.41. The molecule has 0 saturated heterocycles. The van der Waals surface area contributed by atoms with Crippen LogP contribution < -0.4 is 5.32 Å². The van der Waals surface area contributed by atoms with Gasteiger partial charge in [-0.2, -0.15) is 0 Å². The summed E-state index contributed by atoms with van der Waals surface area (Å²) >= 11 is 0. The SMILES string of the molecule is CCc1ccc(C(=O)[C@@H](C)OC(=O)CNC(=O)c2ccc(C)c(C)c2)cc1. The maximum atomic E-state index is 12.3. The van der Waals surface area contributed by atoms with E-state index in [-0.39, 0.29) is 18.2 Å². The number of Topliss-reactive ketones (excluding diaryl/α,β-unsaturated/α-hetero) is 1. The van der Waals surface area contributed by atoms with E-state index in [4.69, 9.17) is 4.74 Å². The van der Waals surface area contributed by atoms with Gasteiger partial charge in [0.25, 0.3) is 5.91 Å². The number of nitrogens with one attached hydrogen (secondary N) is 1. The van der Waals surface area contributed by atoms with Crippen LogP contribution in [0.1, 0.15) is 51.3 Å². The molecule has 0 aromatic heterocycles. The van der Waals surface area contributed by atoms with Crippen molar-refractivity contribution in [1.82, 2.24) is 5.32 Å². The summed E-state index contributed by atoms with van der Waals surface area (Å²) in [5.41, 5.74) is 4.19. The van der Waals surface area contributed by atoms with Crippen LogP contribution in [0.2, 0.25) is 0 Å². The third kappa shape index (κ3) is 5.51. The largest absolute Gasteiger partial charge is 0.453 e. The fraction of sp³-hybridized carbons (Fsp3) is 0.318. The number of benzene rings is 2. The molecular formula is C22H25NO4. The molecular weight excluding hydrogens is 342 g/mol. The zero-order valence-electron chi connectivity index (χ0n) is 16.2. The summed E-state index contributed by atoms with van der Waals surface area (Å²) in [5, 5.41) is 2.52. The van der Waals surface area contributed by atoms with E-state index in [1.807, 2.05) is 39.0 Å². The zero-order valence-corrected chi connectivity index (χ0v) is 16.2. The van der Waals surface area contributed by atoms with Gasteiger partial charge in [0.05, 0.1) is 0 Å². The van der Waals surface area contributed by atoms with Crippen molar-refractivity contribution in [3.05, 3.63) is 70.3 Å². The molecule has 0 aliphatic rings. The zero-order chi connectivity index (χ0) is 20.0. The second-order valence-corrected chi connectivity index (χ2v) is 6.53. The highest BCUT2D eigenvalue weighted by Crippen LogP contribution is 2.11. The van der Waals surface area contributed by atoms with Crippen LogP contribution in [0.15, 0.2) is 42.5 Å². The molecule has 142 valence electrons. The van der Waals surface area contributed by atoms with Crippen LogP contribution in [0.4, 0.5) is 0 Å². The van der Waals surface area contributed by atoms with Gasteiger partial charge in [0.1, 0.15) is 6.54 Å². The Balaban J connectivity index is 1.87. The van der Waals surface area contributed by atoms with Gasteiger partial charge in [-0.25, -0.2) is 0 Å². The first-order valence-electron chi connectivity index (χ1n) is 9.00. The van der Waals surface area contributed by atoms with E-state index in [0.29, 0.717) is 11.1 Å². The first-order chi connectivity index (χ1) is 12.8. The normalized spacial score (nSPS) is 11.6. The van der Waals surface area contributed by atoms with Crippen molar-refractivity contribution in [2.24, 2.45) is 0 Å². The van der Waals surface area contributed by atoms with E-state index in [1.54, 1.807) is 24.3 Å². The number of rotatable bonds is 7. The van der Waals surface area contributed by atoms with Gasteiger partial charge in [0.2, 0.25) is 5.78 Å². The van der Waals surface area contributed by atoms with Crippen molar-refractivity contribution in [2.75, 3.05) is 6.54 Å². The Morgan fingerprint density at radius 2 is 1.59 bits per heavy atom. The van der Waals surface area contributed by atoms with E-state index in [0.717, 1.165) is 23.1 Å². The maximum Gasteiger partial charge on any atom is 0.326 e. The summed E-state index contributed by atoms with van der Waals surface area (Å²) in [6, 6.07) is 12.5. The van der Waals surface area contributed by atoms with E-state index < -0.39 is 12.1 Å². The standard InChI is InChI=1S/C22H25NO4/c1-5-17-7-10-18(11-8-17)21(25)16(4)27-20(24)13-23-22(26)19-9-6-14(2)15(3)12-19/h6-12,16H,5,13H2,1-4H3,(H,23,26)/t16-/m1/s1. The summed E-state index contributed by atoms with van der Waals surface area (Å²) in [7, 11) is 0. The highest BCUT2D eigenvalue weighted by Gasteiger charge is 2.20. The van der Waals surface area contributed by atoms with Gasteiger partial charge in [-0.1, -0.05) is 37.3 Å². The van der Waals surface area contributed by atoms with E-state index in [1.165, 1.54) is 6.92 Å². The lowest BCUT2D eigenvalue weighted by atomic mass is 10.0. The Morgan fingerprint density at radius 1 is 0.963 bits per heavy atom. The maximum absolute atomic E-state index is 12.3. The molecule has 1 N–H and O–H groups in total. The molecule has 2 aromatic carbocycles.